The molecule has 0 saturated heterocycles. The number of ether oxygens (including phenoxy) is 2. The summed E-state index contributed by atoms with van der Waals surface area (Å²) >= 11 is 0. The van der Waals surface area contributed by atoms with Crippen molar-refractivity contribution in [2.45, 2.75) is 92.5 Å². The first-order valence-electron chi connectivity index (χ1n) is 14.9. The van der Waals surface area contributed by atoms with Crippen LogP contribution < -0.4 is 27.0 Å². The third-order valence-corrected chi connectivity index (χ3v) is 6.31. The summed E-state index contributed by atoms with van der Waals surface area (Å²) in [6.45, 7) is 15.5. The van der Waals surface area contributed by atoms with Crippen LogP contribution in [0.2, 0.25) is 0 Å². The normalized spacial score (nSPS) is 13.0. The van der Waals surface area contributed by atoms with Crippen LogP contribution in [0.4, 0.5) is 15.3 Å². The number of nitrogens with zero attached hydrogens (tertiary/aromatic N) is 1. The number of benzene rings is 1. The molecule has 2 atom stereocenters. The number of hydrogen-bond acceptors (Lipinski definition) is 8. The molecule has 13 heteroatoms. The van der Waals surface area contributed by atoms with Gasteiger partial charge in [0.15, 0.2) is 0 Å². The van der Waals surface area contributed by atoms with E-state index in [4.69, 9.17) is 15.2 Å². The van der Waals surface area contributed by atoms with Gasteiger partial charge in [0.05, 0.1) is 18.0 Å². The molecule has 0 aromatic heterocycles. The highest BCUT2D eigenvalue weighted by atomic mass is 16.6. The van der Waals surface area contributed by atoms with E-state index in [0.29, 0.717) is 17.7 Å². The Kier molecular flexibility index (Phi) is 15.1. The Morgan fingerprint density at radius 2 is 1.55 bits per heavy atom. The third-order valence-electron chi connectivity index (χ3n) is 6.31. The van der Waals surface area contributed by atoms with Crippen LogP contribution in [0.5, 0.6) is 0 Å². The number of likely N-dealkylation sites (N-methyl/N-ethyl adjacent to an activating group) is 1. The number of amides is 5. The smallest absolute Gasteiger partial charge is 0.409 e. The molecule has 0 aliphatic rings. The molecule has 0 radical (unpaired) electrons. The molecule has 248 valence electrons. The monoisotopic (exact) mass is 620 g/mol. The number of nitrogens with one attached hydrogen (secondary N) is 4. The van der Waals surface area contributed by atoms with E-state index in [1.54, 1.807) is 52.1 Å². The van der Waals surface area contributed by atoms with Crippen molar-refractivity contribution >= 4 is 35.6 Å². The van der Waals surface area contributed by atoms with Crippen molar-refractivity contribution in [1.29, 1.82) is 0 Å². The highest BCUT2D eigenvalue weighted by molar-refractivity contribution is 5.98. The standard InChI is InChI=1S/C31H52N6O7/c1-20(2)24(36-31(6,7)8)26(39)35-23(11-10-16-33-28(32)41)25(38)34-22-14-12-21(13-15-22)19-44-29(42)37(9)17-18-43-27(40)30(3,4)5/h12-15,20,23-24,36H,10-11,16-19H2,1-9H3,(H,34,38)(H,35,39)(H3,32,33,41). The van der Waals surface area contributed by atoms with Crippen molar-refractivity contribution in [2.24, 2.45) is 17.1 Å². The van der Waals surface area contributed by atoms with Gasteiger partial charge in [-0.25, -0.2) is 9.59 Å². The van der Waals surface area contributed by atoms with Gasteiger partial charge in [-0.15, -0.1) is 0 Å². The van der Waals surface area contributed by atoms with Gasteiger partial charge in [-0.2, -0.15) is 0 Å². The van der Waals surface area contributed by atoms with Gasteiger partial charge in [-0.1, -0.05) is 26.0 Å². The molecule has 13 nitrogen and oxygen atoms in total. The van der Waals surface area contributed by atoms with E-state index >= 15 is 0 Å². The SMILES string of the molecule is CC(C)C(NC(C)(C)C)C(=O)NC(CCCNC(N)=O)C(=O)Nc1ccc(COC(=O)N(C)CCOC(=O)C(C)(C)C)cc1. The Hall–Kier alpha value is -3.87. The molecule has 44 heavy (non-hydrogen) atoms. The number of anilines is 1. The van der Waals surface area contributed by atoms with E-state index < -0.39 is 35.5 Å². The summed E-state index contributed by atoms with van der Waals surface area (Å²) in [6, 6.07) is 4.71. The largest absolute Gasteiger partial charge is 0.463 e. The van der Waals surface area contributed by atoms with Crippen molar-refractivity contribution < 1.29 is 33.4 Å². The highest BCUT2D eigenvalue weighted by Gasteiger charge is 2.30. The fourth-order valence-corrected chi connectivity index (χ4v) is 3.80. The molecule has 5 amide bonds. The van der Waals surface area contributed by atoms with Crippen molar-refractivity contribution in [1.82, 2.24) is 20.9 Å². The molecule has 0 bridgehead atoms. The zero-order chi connectivity index (χ0) is 33.7. The molecule has 0 heterocycles. The van der Waals surface area contributed by atoms with Gasteiger partial charge in [-0.05, 0) is 78.0 Å². The molecule has 0 fully saturated rings. The van der Waals surface area contributed by atoms with E-state index in [1.165, 1.54) is 4.90 Å². The van der Waals surface area contributed by atoms with E-state index in [1.807, 2.05) is 34.6 Å². The quantitative estimate of drug-likeness (QED) is 0.146. The molecule has 1 rings (SSSR count). The third kappa shape index (κ3) is 15.0. The Bertz CT molecular complexity index is 1110. The minimum atomic E-state index is -0.862. The minimum absolute atomic E-state index is 0.00207. The first-order valence-corrected chi connectivity index (χ1v) is 14.9. The second kappa shape index (κ2) is 17.4. The molecule has 6 N–H and O–H groups in total. The summed E-state index contributed by atoms with van der Waals surface area (Å²) in [7, 11) is 1.55. The van der Waals surface area contributed by atoms with Crippen LogP contribution >= 0.6 is 0 Å². The zero-order valence-corrected chi connectivity index (χ0v) is 27.7. The van der Waals surface area contributed by atoms with Gasteiger partial charge < -0.3 is 41.4 Å². The van der Waals surface area contributed by atoms with Gasteiger partial charge in [0.1, 0.15) is 19.3 Å². The van der Waals surface area contributed by atoms with E-state index in [0.717, 1.165) is 0 Å². The van der Waals surface area contributed by atoms with Crippen molar-refractivity contribution in [3.8, 4) is 0 Å². The van der Waals surface area contributed by atoms with Crippen LogP contribution in [0, 0.1) is 11.3 Å². The number of hydrogen-bond donors (Lipinski definition) is 5. The maximum atomic E-state index is 13.2. The van der Waals surface area contributed by atoms with Crippen LogP contribution in [0.15, 0.2) is 24.3 Å². The van der Waals surface area contributed by atoms with Crippen LogP contribution in [-0.4, -0.2) is 79.2 Å². The minimum Gasteiger partial charge on any atom is -0.463 e. The van der Waals surface area contributed by atoms with Crippen LogP contribution in [-0.2, 0) is 30.5 Å². The Balaban J connectivity index is 2.78. The number of primary amides is 1. The summed E-state index contributed by atoms with van der Waals surface area (Å²) in [5.74, 6) is -1.09. The average molecular weight is 621 g/mol. The van der Waals surface area contributed by atoms with Gasteiger partial charge in [0.2, 0.25) is 11.8 Å². The molecule has 1 aromatic rings. The molecule has 0 aliphatic carbocycles. The number of nitrogens with two attached hydrogens (primary N) is 1. The highest BCUT2D eigenvalue weighted by Crippen LogP contribution is 2.16. The van der Waals surface area contributed by atoms with Gasteiger partial charge in [-0.3, -0.25) is 14.4 Å². The summed E-state index contributed by atoms with van der Waals surface area (Å²) in [5.41, 5.74) is 5.38. The lowest BCUT2D eigenvalue weighted by Gasteiger charge is -2.31. The summed E-state index contributed by atoms with van der Waals surface area (Å²) in [5, 5.41) is 11.5. The van der Waals surface area contributed by atoms with Gasteiger partial charge in [0, 0.05) is 24.8 Å². The topological polar surface area (TPSA) is 181 Å². The first kappa shape index (κ1) is 38.2. The maximum Gasteiger partial charge on any atom is 0.409 e. The lowest BCUT2D eigenvalue weighted by molar-refractivity contribution is -0.153. The maximum absolute atomic E-state index is 13.2. The Morgan fingerprint density at radius 1 is 0.932 bits per heavy atom. The molecule has 0 saturated carbocycles. The van der Waals surface area contributed by atoms with E-state index in [9.17, 15) is 24.0 Å². The summed E-state index contributed by atoms with van der Waals surface area (Å²) in [6.07, 6.45) is 0.118. The molecule has 0 aliphatic heterocycles. The summed E-state index contributed by atoms with van der Waals surface area (Å²) in [4.78, 5) is 63.0. The molecular formula is C31H52N6O7. The van der Waals surface area contributed by atoms with Crippen LogP contribution in [0.1, 0.15) is 73.8 Å². The molecule has 0 spiro atoms. The number of urea groups is 1. The van der Waals surface area contributed by atoms with Gasteiger partial charge >= 0.3 is 18.1 Å². The van der Waals surface area contributed by atoms with Gasteiger partial charge in [0.25, 0.3) is 0 Å². The second-order valence-corrected chi connectivity index (χ2v) is 13.2. The average Bonchev–Trinajstić information content (AvgIpc) is 2.91. The number of carbonyl (C=O) groups is 5. The molecule has 2 unspecified atom stereocenters. The molecular weight excluding hydrogens is 568 g/mol. The number of rotatable bonds is 15. The van der Waals surface area contributed by atoms with E-state index in [2.05, 4.69) is 21.3 Å². The lowest BCUT2D eigenvalue weighted by Crippen LogP contribution is -2.57. The van der Waals surface area contributed by atoms with Crippen molar-refractivity contribution in [2.75, 3.05) is 32.1 Å². The second-order valence-electron chi connectivity index (χ2n) is 13.2. The summed E-state index contributed by atoms with van der Waals surface area (Å²) < 4.78 is 10.5. The fraction of sp³-hybridized carbons (Fsp3) is 0.645. The van der Waals surface area contributed by atoms with Crippen molar-refractivity contribution in [3.63, 3.8) is 0 Å². The zero-order valence-electron chi connectivity index (χ0n) is 27.7. The Morgan fingerprint density at radius 3 is 2.07 bits per heavy atom. The lowest BCUT2D eigenvalue weighted by atomic mass is 9.97. The number of esters is 1. The molecule has 1 aromatic carbocycles. The fourth-order valence-electron chi connectivity index (χ4n) is 3.80. The first-order chi connectivity index (χ1) is 20.3. The number of carbonyl (C=O) groups excluding carboxylic acids is 5. The van der Waals surface area contributed by atoms with Crippen LogP contribution in [0.25, 0.3) is 0 Å². The predicted octanol–water partition coefficient (Wildman–Crippen LogP) is 3.13. The van der Waals surface area contributed by atoms with Crippen molar-refractivity contribution in [3.05, 3.63) is 29.8 Å². The van der Waals surface area contributed by atoms with E-state index in [-0.39, 0.29) is 56.1 Å². The predicted molar refractivity (Wildman–Crippen MR) is 169 cm³/mol. The Labute approximate surface area is 261 Å². The van der Waals surface area contributed by atoms with Crippen LogP contribution in [0.3, 0.4) is 0 Å².